The average Bonchev–Trinajstić information content (AvgIpc) is 2.81. The normalized spacial score (nSPS) is 12.0. The molecule has 0 aliphatic heterocycles. The molecular weight excluding hydrogens is 424 g/mol. The lowest BCUT2D eigenvalue weighted by Gasteiger charge is -2.17. The molecule has 4 aromatic carbocycles. The summed E-state index contributed by atoms with van der Waals surface area (Å²) in [5.41, 5.74) is 5.29. The fourth-order valence-corrected chi connectivity index (χ4v) is 6.37. The Kier molecular flexibility index (Phi) is 6.83. The van der Waals surface area contributed by atoms with Gasteiger partial charge in [-0.1, -0.05) is 60.7 Å². The topological polar surface area (TPSA) is 0 Å². The molecule has 0 atom stereocenters. The number of rotatable bonds is 7. The predicted octanol–water partition coefficient (Wildman–Crippen LogP) is 7.57. The summed E-state index contributed by atoms with van der Waals surface area (Å²) in [5.74, 6) is 0. The van der Waals surface area contributed by atoms with Gasteiger partial charge in [-0.25, -0.2) is 0 Å². The monoisotopic (exact) mass is 456 g/mol. The number of hydrogen-bond acceptors (Lipinski definition) is 0. The molecule has 162 valence electrons. The van der Waals surface area contributed by atoms with Gasteiger partial charge >= 0.3 is 0 Å². The molecule has 32 heavy (non-hydrogen) atoms. The quantitative estimate of drug-likeness (QED) is 0.199. The fourth-order valence-electron chi connectivity index (χ4n) is 3.92. The molecule has 0 amide bonds. The van der Waals surface area contributed by atoms with Gasteiger partial charge in [0, 0.05) is 34.7 Å². The van der Waals surface area contributed by atoms with E-state index in [-0.39, 0.29) is 9.49 Å². The number of hydrogen-bond donors (Lipinski definition) is 0. The van der Waals surface area contributed by atoms with Gasteiger partial charge in [-0.05, 0) is 87.4 Å². The molecule has 0 nitrogen and oxygen atoms in total. The van der Waals surface area contributed by atoms with Crippen LogP contribution in [0.1, 0.15) is 38.8 Å². The van der Waals surface area contributed by atoms with Gasteiger partial charge in [0.1, 0.15) is 0 Å². The molecule has 0 aromatic heterocycles. The van der Waals surface area contributed by atoms with Gasteiger partial charge in [-0.3, -0.25) is 0 Å². The molecule has 0 unspecified atom stereocenters. The van der Waals surface area contributed by atoms with Gasteiger partial charge in [-0.15, -0.1) is 0 Å². The molecule has 4 aromatic rings. The Balaban J connectivity index is 1.44. The smallest absolute Gasteiger partial charge is 0.0622 e. The first-order chi connectivity index (χ1) is 15.3. The van der Waals surface area contributed by atoms with E-state index in [2.05, 4.69) is 137 Å². The SMILES string of the molecule is CC(C)([SH+]c1ccc(-c2ccc([SH+]C(C)(C)c3ccccc3)cc2)cc1)c1ccccc1. The Hall–Kier alpha value is -2.42. The Morgan fingerprint density at radius 2 is 0.719 bits per heavy atom. The lowest BCUT2D eigenvalue weighted by molar-refractivity contribution is 0.778. The van der Waals surface area contributed by atoms with Crippen molar-refractivity contribution in [3.05, 3.63) is 120 Å². The first-order valence-electron chi connectivity index (χ1n) is 11.1. The molecule has 2 heteroatoms. The Bertz CT molecular complexity index is 1030. The molecule has 0 aliphatic carbocycles. The van der Waals surface area contributed by atoms with Crippen LogP contribution in [0.4, 0.5) is 0 Å². The summed E-state index contributed by atoms with van der Waals surface area (Å²) in [6.45, 7) is 9.25. The molecule has 0 spiro atoms. The maximum atomic E-state index is 2.31. The van der Waals surface area contributed by atoms with Crippen LogP contribution < -0.4 is 0 Å². The largest absolute Gasteiger partial charge is 0.153 e. The molecule has 0 aliphatic rings. The van der Waals surface area contributed by atoms with Gasteiger partial charge in [-0.2, -0.15) is 0 Å². The highest BCUT2D eigenvalue weighted by atomic mass is 32.2. The summed E-state index contributed by atoms with van der Waals surface area (Å²) in [5, 5.41) is 0. The third kappa shape index (κ3) is 5.49. The van der Waals surface area contributed by atoms with Crippen molar-refractivity contribution in [3.63, 3.8) is 0 Å². The minimum absolute atomic E-state index is 0.0923. The molecule has 0 heterocycles. The molecule has 0 saturated heterocycles. The maximum Gasteiger partial charge on any atom is 0.153 e. The maximum absolute atomic E-state index is 2.31. The number of benzene rings is 4. The molecule has 0 fully saturated rings. The summed E-state index contributed by atoms with van der Waals surface area (Å²) in [6.07, 6.45) is 0. The zero-order valence-electron chi connectivity index (χ0n) is 19.3. The first-order valence-corrected chi connectivity index (χ1v) is 12.9. The lowest BCUT2D eigenvalue weighted by Crippen LogP contribution is -2.19. The van der Waals surface area contributed by atoms with Crippen molar-refractivity contribution in [3.8, 4) is 11.1 Å². The van der Waals surface area contributed by atoms with Crippen LogP contribution in [-0.4, -0.2) is 0 Å². The highest BCUT2D eigenvalue weighted by Gasteiger charge is 2.31. The van der Waals surface area contributed by atoms with Crippen molar-refractivity contribution in [2.75, 3.05) is 0 Å². The summed E-state index contributed by atoms with van der Waals surface area (Å²) in [7, 11) is 0. The predicted molar refractivity (Wildman–Crippen MR) is 145 cm³/mol. The van der Waals surface area contributed by atoms with Gasteiger partial charge in [0.15, 0.2) is 19.3 Å². The van der Waals surface area contributed by atoms with Gasteiger partial charge < -0.3 is 0 Å². The van der Waals surface area contributed by atoms with Crippen molar-refractivity contribution >= 4 is 23.5 Å². The minimum atomic E-state index is 0.0923. The molecule has 0 N–H and O–H groups in total. The van der Waals surface area contributed by atoms with Crippen LogP contribution in [0, 0.1) is 0 Å². The first kappa shape index (κ1) is 22.8. The Morgan fingerprint density at radius 3 is 1.03 bits per heavy atom. The number of thiol groups is 2. The second-order valence-corrected chi connectivity index (χ2v) is 12.9. The van der Waals surface area contributed by atoms with E-state index in [0.717, 1.165) is 0 Å². The van der Waals surface area contributed by atoms with Gasteiger partial charge in [0.25, 0.3) is 0 Å². The van der Waals surface area contributed by atoms with E-state index in [1.165, 1.54) is 55.6 Å². The van der Waals surface area contributed by atoms with Crippen LogP contribution in [0.3, 0.4) is 0 Å². The zero-order valence-corrected chi connectivity index (χ0v) is 21.1. The summed E-state index contributed by atoms with van der Waals surface area (Å²) < 4.78 is 0.185. The minimum Gasteiger partial charge on any atom is -0.0622 e. The van der Waals surface area contributed by atoms with Crippen molar-refractivity contribution in [1.29, 1.82) is 0 Å². The van der Waals surface area contributed by atoms with Crippen molar-refractivity contribution < 1.29 is 0 Å². The zero-order chi connectivity index (χ0) is 22.6. The molecule has 0 bridgehead atoms. The van der Waals surface area contributed by atoms with Crippen LogP contribution in [0.25, 0.3) is 11.1 Å². The van der Waals surface area contributed by atoms with Crippen LogP contribution in [0.5, 0.6) is 0 Å². The van der Waals surface area contributed by atoms with Crippen LogP contribution in [0.15, 0.2) is 119 Å². The van der Waals surface area contributed by atoms with Crippen LogP contribution >= 0.6 is 0 Å². The lowest BCUT2D eigenvalue weighted by atomic mass is 10.0. The molecule has 0 radical (unpaired) electrons. The standard InChI is InChI=1S/C30H30S2/c1-29(2,25-11-7-5-8-12-25)31-27-19-15-23(16-20-27)24-17-21-28(22-18-24)32-30(3,4)26-13-9-6-10-14-26/h5-22H,1-4H3/p+2. The summed E-state index contributed by atoms with van der Waals surface area (Å²) >= 11 is 2.65. The molecular formula is C30H32S2+2. The average molecular weight is 457 g/mol. The van der Waals surface area contributed by atoms with Crippen molar-refractivity contribution in [1.82, 2.24) is 0 Å². The second kappa shape index (κ2) is 9.60. The van der Waals surface area contributed by atoms with Crippen molar-refractivity contribution in [2.45, 2.75) is 47.0 Å². The van der Waals surface area contributed by atoms with Gasteiger partial charge in [0.05, 0.1) is 0 Å². The highest BCUT2D eigenvalue weighted by molar-refractivity contribution is 7.79. The Morgan fingerprint density at radius 1 is 0.406 bits per heavy atom. The van der Waals surface area contributed by atoms with E-state index in [9.17, 15) is 0 Å². The summed E-state index contributed by atoms with van der Waals surface area (Å²) in [4.78, 5) is 2.70. The second-order valence-electron chi connectivity index (χ2n) is 9.17. The van der Waals surface area contributed by atoms with E-state index in [4.69, 9.17) is 0 Å². The highest BCUT2D eigenvalue weighted by Crippen LogP contribution is 2.31. The molecule has 0 saturated carbocycles. The van der Waals surface area contributed by atoms with E-state index in [1.807, 2.05) is 0 Å². The van der Waals surface area contributed by atoms with Crippen LogP contribution in [0.2, 0.25) is 0 Å². The van der Waals surface area contributed by atoms with Gasteiger partial charge in [0.2, 0.25) is 0 Å². The van der Waals surface area contributed by atoms with E-state index in [0.29, 0.717) is 0 Å². The van der Waals surface area contributed by atoms with Crippen LogP contribution in [-0.2, 0) is 33.0 Å². The third-order valence-corrected chi connectivity index (χ3v) is 8.59. The third-order valence-electron chi connectivity index (χ3n) is 5.85. The van der Waals surface area contributed by atoms with Crippen molar-refractivity contribution in [2.24, 2.45) is 0 Å². The Labute approximate surface area is 201 Å². The van der Waals surface area contributed by atoms with E-state index in [1.54, 1.807) is 0 Å². The summed E-state index contributed by atoms with van der Waals surface area (Å²) in [6, 6.07) is 39.7. The molecule has 4 rings (SSSR count). The van der Waals surface area contributed by atoms with E-state index < -0.39 is 0 Å². The fraction of sp³-hybridized carbons (Fsp3) is 0.200. The van der Waals surface area contributed by atoms with E-state index >= 15 is 0 Å².